The van der Waals surface area contributed by atoms with Crippen molar-refractivity contribution in [3.8, 4) is 27.9 Å². The predicted octanol–water partition coefficient (Wildman–Crippen LogP) is 17.6. The molecule has 0 amide bonds. The van der Waals surface area contributed by atoms with Gasteiger partial charge in [0.15, 0.2) is 16.1 Å². The van der Waals surface area contributed by atoms with Crippen LogP contribution in [0, 0.1) is 0 Å². The van der Waals surface area contributed by atoms with Crippen molar-refractivity contribution in [2.45, 2.75) is 52.4 Å². The topological polar surface area (TPSA) is 11.4 Å². The lowest BCUT2D eigenvalue weighted by molar-refractivity contribution is 0.590. The average Bonchev–Trinajstić information content (AvgIpc) is 0.943. The molecular weight excluding hydrogens is 1290 g/mol. The fourth-order valence-corrected chi connectivity index (χ4v) is 27.0. The summed E-state index contributed by atoms with van der Waals surface area (Å²) >= 11 is 0. The number of rotatable bonds is 13. The lowest BCUT2D eigenvalue weighted by atomic mass is 9.33. The first-order valence-corrected chi connectivity index (χ1v) is 40.7. The Labute approximate surface area is 614 Å². The molecule has 0 saturated heterocycles. The van der Waals surface area contributed by atoms with Gasteiger partial charge in [0.25, 0.3) is 6.71 Å². The Morgan fingerprint density at radius 1 is 0.240 bits per heavy atom. The van der Waals surface area contributed by atoms with Crippen LogP contribution in [0.2, 0.25) is 0 Å². The highest BCUT2D eigenvalue weighted by atomic mass is 28.3. The van der Waals surface area contributed by atoms with Crippen molar-refractivity contribution < 1.29 is 0 Å². The Morgan fingerprint density at radius 2 is 0.538 bits per heavy atom. The summed E-state index contributed by atoms with van der Waals surface area (Å²) < 4.78 is 2.53. The Morgan fingerprint density at radius 3 is 0.875 bits per heavy atom. The molecule has 1 aromatic heterocycles. The minimum Gasteiger partial charge on any atom is -0.311 e. The number of nitrogens with zero attached hydrogens (tertiary/aromatic N) is 3. The molecule has 16 aromatic rings. The van der Waals surface area contributed by atoms with Crippen molar-refractivity contribution in [2.24, 2.45) is 0 Å². The van der Waals surface area contributed by atoms with E-state index >= 15 is 0 Å². The predicted molar refractivity (Wildman–Crippen MR) is 450 cm³/mol. The summed E-state index contributed by atoms with van der Waals surface area (Å²) in [6, 6.07) is 143. The summed E-state index contributed by atoms with van der Waals surface area (Å²) in [5.74, 6) is 0. The highest BCUT2D eigenvalue weighted by Crippen LogP contribution is 2.48. The van der Waals surface area contributed by atoms with Crippen LogP contribution in [-0.2, 0) is 10.8 Å². The Hall–Kier alpha value is -11.8. The van der Waals surface area contributed by atoms with Gasteiger partial charge in [-0.05, 0) is 163 Å². The second-order valence-corrected chi connectivity index (χ2v) is 38.0. The van der Waals surface area contributed by atoms with Gasteiger partial charge in [0.1, 0.15) is 0 Å². The van der Waals surface area contributed by atoms with Crippen LogP contribution in [0.4, 0.5) is 34.1 Å². The third-order valence-corrected chi connectivity index (χ3v) is 31.9. The van der Waals surface area contributed by atoms with Crippen molar-refractivity contribution >= 4 is 137 Å². The maximum Gasteiger partial charge on any atom is 0.252 e. The Bertz CT molecular complexity index is 5350. The largest absolute Gasteiger partial charge is 0.311 e. The van der Waals surface area contributed by atoms with Gasteiger partial charge >= 0.3 is 0 Å². The number of benzene rings is 15. The molecule has 15 aromatic carbocycles. The van der Waals surface area contributed by atoms with Gasteiger partial charge in [0.05, 0.1) is 16.7 Å². The van der Waals surface area contributed by atoms with E-state index < -0.39 is 16.1 Å². The second-order valence-electron chi connectivity index (χ2n) is 30.4. The van der Waals surface area contributed by atoms with Crippen LogP contribution < -0.4 is 67.7 Å². The number of anilines is 6. The molecule has 3 nitrogen and oxygen atoms in total. The van der Waals surface area contributed by atoms with Gasteiger partial charge in [0.2, 0.25) is 0 Å². The van der Waals surface area contributed by atoms with E-state index in [-0.39, 0.29) is 17.5 Å². The third kappa shape index (κ3) is 10.6. The highest BCUT2D eigenvalue weighted by molar-refractivity contribution is 7.20. The highest BCUT2D eigenvalue weighted by Gasteiger charge is 2.47. The monoisotopic (exact) mass is 1370 g/mol. The summed E-state index contributed by atoms with van der Waals surface area (Å²) in [7, 11) is -5.76. The van der Waals surface area contributed by atoms with E-state index in [1.165, 1.54) is 113 Å². The van der Waals surface area contributed by atoms with Gasteiger partial charge in [-0.25, -0.2) is 0 Å². The molecule has 0 unspecified atom stereocenters. The van der Waals surface area contributed by atoms with Gasteiger partial charge < -0.3 is 14.4 Å². The molecule has 498 valence electrons. The van der Waals surface area contributed by atoms with Crippen molar-refractivity contribution in [2.75, 3.05) is 9.80 Å². The van der Waals surface area contributed by atoms with Crippen molar-refractivity contribution in [1.29, 1.82) is 0 Å². The van der Waals surface area contributed by atoms with E-state index in [2.05, 4.69) is 432 Å². The molecule has 104 heavy (non-hydrogen) atoms. The van der Waals surface area contributed by atoms with Crippen LogP contribution in [0.15, 0.2) is 376 Å². The molecule has 2 aliphatic rings. The SMILES string of the molecule is CC(C)(C)c1ccc2c(c1)B1c3cc(C(C)(C)C)ccc3N(c3cccc(-c4cccc([Si](c5ccccc5)(c5ccccc5)c5ccccc5)c4)c3)c3cc(-n4c5ccccc5c5ccccc54)cc(c31)N2c1cccc(-c2cccc([Si](c3ccccc3)(c3ccccc3)c3ccccc3)c2)c1. The van der Waals surface area contributed by atoms with Gasteiger partial charge in [-0.3, -0.25) is 0 Å². The van der Waals surface area contributed by atoms with Crippen molar-refractivity contribution in [3.63, 3.8) is 0 Å². The molecule has 0 saturated carbocycles. The quantitative estimate of drug-likeness (QED) is 0.0842. The maximum absolute atomic E-state index is 2.88. The van der Waals surface area contributed by atoms with Crippen LogP contribution in [0.1, 0.15) is 52.7 Å². The van der Waals surface area contributed by atoms with Crippen LogP contribution >= 0.6 is 0 Å². The lowest BCUT2D eigenvalue weighted by Crippen LogP contribution is -2.74. The number of aromatic nitrogens is 1. The van der Waals surface area contributed by atoms with E-state index in [9.17, 15) is 0 Å². The summed E-state index contributed by atoms with van der Waals surface area (Å²) in [5, 5.41) is 13.2. The summed E-state index contributed by atoms with van der Waals surface area (Å²) in [4.78, 5) is 5.25. The summed E-state index contributed by atoms with van der Waals surface area (Å²) in [6.07, 6.45) is 0. The standard InChI is InChI=1S/C98H80BN3Si2/c1-97(2,3)73-57-59-92-88(65-73)99-89-66-74(98(4,5)6)58-60-93(89)101(76-38-30-34-70(62-76)72-36-32-52-85(64-72)104(81-45-19-10-20-46-81,82-47-21-11-22-48-82)83-49-23-12-24-50-83)95-68-77(102-90-55-27-25-53-86(90)87-54-26-28-56-91(87)102)67-94(96(95)99)100(92)75-37-29-33-69(61-75)71-35-31-51-84(63-71)103(78-39-13-7-14-40-78,79-41-15-8-16-42-79)80-43-17-9-18-44-80/h7-68H,1-6H3. The third-order valence-electron chi connectivity index (χ3n) is 22.3. The molecule has 0 aliphatic carbocycles. The lowest BCUT2D eigenvalue weighted by Gasteiger charge is -2.45. The molecular formula is C98H80BN3Si2. The number of hydrogen-bond acceptors (Lipinski definition) is 2. The molecule has 0 fully saturated rings. The maximum atomic E-state index is 2.62. The first kappa shape index (κ1) is 64.3. The van der Waals surface area contributed by atoms with Gasteiger partial charge in [0, 0.05) is 44.9 Å². The minimum absolute atomic E-state index is 0.131. The zero-order valence-electron chi connectivity index (χ0n) is 59.7. The fraction of sp³-hybridized carbons (Fsp3) is 0.0816. The van der Waals surface area contributed by atoms with E-state index in [0.717, 1.165) is 39.6 Å². The molecule has 2 aliphatic heterocycles. The first-order valence-electron chi connectivity index (χ1n) is 36.7. The zero-order valence-corrected chi connectivity index (χ0v) is 61.7. The molecule has 0 N–H and O–H groups in total. The van der Waals surface area contributed by atoms with Crippen LogP contribution in [0.5, 0.6) is 0 Å². The van der Waals surface area contributed by atoms with E-state index in [1.807, 2.05) is 0 Å². The molecule has 0 bridgehead atoms. The average molecular weight is 1370 g/mol. The second kappa shape index (κ2) is 25.6. The van der Waals surface area contributed by atoms with Crippen LogP contribution in [0.25, 0.3) is 49.7 Å². The molecule has 0 radical (unpaired) electrons. The zero-order chi connectivity index (χ0) is 70.3. The molecule has 18 rings (SSSR count). The number of fused-ring (bicyclic) bond motifs is 7. The van der Waals surface area contributed by atoms with Crippen LogP contribution in [0.3, 0.4) is 0 Å². The van der Waals surface area contributed by atoms with E-state index in [1.54, 1.807) is 0 Å². The van der Waals surface area contributed by atoms with E-state index in [0.29, 0.717) is 0 Å². The minimum atomic E-state index is -2.88. The van der Waals surface area contributed by atoms with Gasteiger partial charge in [-0.1, -0.05) is 357 Å². The molecule has 3 heterocycles. The summed E-state index contributed by atoms with van der Waals surface area (Å²) in [6.45, 7) is 14.0. The van der Waals surface area contributed by atoms with Crippen molar-refractivity contribution in [3.05, 3.63) is 387 Å². The van der Waals surface area contributed by atoms with Gasteiger partial charge in [-0.2, -0.15) is 0 Å². The Kier molecular flexibility index (Phi) is 15.8. The van der Waals surface area contributed by atoms with Crippen LogP contribution in [-0.4, -0.2) is 27.4 Å². The molecule has 0 atom stereocenters. The number of para-hydroxylation sites is 2. The fourth-order valence-electron chi connectivity index (χ4n) is 17.5. The van der Waals surface area contributed by atoms with E-state index in [4.69, 9.17) is 0 Å². The molecule has 6 heteroatoms. The summed E-state index contributed by atoms with van der Waals surface area (Å²) in [5.41, 5.74) is 21.2. The van der Waals surface area contributed by atoms with Crippen molar-refractivity contribution in [1.82, 2.24) is 4.57 Å². The first-order chi connectivity index (χ1) is 50.8. The normalized spacial score (nSPS) is 12.8. The van der Waals surface area contributed by atoms with Gasteiger partial charge in [-0.15, -0.1) is 0 Å². The molecule has 0 spiro atoms. The number of hydrogen-bond donors (Lipinski definition) is 0. The Balaban J connectivity index is 0.887. The smallest absolute Gasteiger partial charge is 0.252 e.